The van der Waals surface area contributed by atoms with Crippen LogP contribution in [0.15, 0.2) is 5.16 Å². The molecule has 0 radical (unpaired) electrons. The van der Waals surface area contributed by atoms with E-state index in [0.29, 0.717) is 12.2 Å². The average Bonchev–Trinajstić information content (AvgIpc) is 2.64. The molecule has 1 aliphatic heterocycles. The summed E-state index contributed by atoms with van der Waals surface area (Å²) in [7, 11) is -5.64. The van der Waals surface area contributed by atoms with E-state index in [1.807, 2.05) is 0 Å². The number of hydrogen-bond donors (Lipinski definition) is 5. The van der Waals surface area contributed by atoms with Gasteiger partial charge in [0, 0.05) is 22.8 Å². The Hall–Kier alpha value is -0.320. The van der Waals surface area contributed by atoms with Crippen molar-refractivity contribution < 1.29 is 46.6 Å². The standard InChI is InChI=1S/C15H29NO10S3/c1-28(21)8-6-4-2-3-5-7-11(16-26-29(22,23)24)27-15-14(20)13(19)12(18)10(9-17)25-15/h10,12-15,17-20H,2-9H2,1H3,(H,22,23,24)/t10-,12-,13+,14-,15+,28-/m1/s1. The van der Waals surface area contributed by atoms with E-state index in [2.05, 4.69) is 9.44 Å². The number of ether oxygens (including phenoxy) is 1. The summed E-state index contributed by atoms with van der Waals surface area (Å²) in [4.78, 5) is 0. The van der Waals surface area contributed by atoms with Crippen LogP contribution in [0.25, 0.3) is 0 Å². The van der Waals surface area contributed by atoms with Crippen LogP contribution >= 0.6 is 11.8 Å². The normalized spacial score (nSPS) is 29.6. The van der Waals surface area contributed by atoms with Crippen molar-refractivity contribution in [2.24, 2.45) is 5.16 Å². The highest BCUT2D eigenvalue weighted by atomic mass is 32.3. The summed E-state index contributed by atoms with van der Waals surface area (Å²) in [6.45, 7) is -0.599. The number of aliphatic hydroxyl groups excluding tert-OH is 4. The molecule has 0 aliphatic carbocycles. The van der Waals surface area contributed by atoms with Gasteiger partial charge in [-0.05, 0) is 19.3 Å². The minimum Gasteiger partial charge on any atom is -0.394 e. The van der Waals surface area contributed by atoms with Crippen molar-refractivity contribution in [2.75, 3.05) is 18.6 Å². The van der Waals surface area contributed by atoms with Gasteiger partial charge in [0.2, 0.25) is 0 Å². The fourth-order valence-corrected chi connectivity index (χ4v) is 4.58. The van der Waals surface area contributed by atoms with Crippen molar-refractivity contribution in [1.82, 2.24) is 0 Å². The Balaban J connectivity index is 2.64. The lowest BCUT2D eigenvalue weighted by Gasteiger charge is -2.39. The summed E-state index contributed by atoms with van der Waals surface area (Å²) >= 11 is 0.766. The smallest absolute Gasteiger partial charge is 0.394 e. The Bertz CT molecular complexity index is 642. The third-order valence-corrected chi connectivity index (χ3v) is 6.46. The number of nitrogens with zero attached hydrogens (tertiary/aromatic N) is 1. The quantitative estimate of drug-likeness (QED) is 0.0789. The molecule has 11 nitrogen and oxygen atoms in total. The minimum atomic E-state index is -4.82. The Labute approximate surface area is 176 Å². The fraction of sp³-hybridized carbons (Fsp3) is 0.933. The zero-order valence-electron chi connectivity index (χ0n) is 16.0. The molecule has 172 valence electrons. The predicted molar refractivity (Wildman–Crippen MR) is 108 cm³/mol. The second kappa shape index (κ2) is 13.2. The Morgan fingerprint density at radius 1 is 1.10 bits per heavy atom. The maximum absolute atomic E-state index is 11.0. The highest BCUT2D eigenvalue weighted by Gasteiger charge is 2.44. The van der Waals surface area contributed by atoms with Crippen LogP contribution in [0.4, 0.5) is 0 Å². The van der Waals surface area contributed by atoms with Gasteiger partial charge in [0.05, 0.1) is 6.61 Å². The molecule has 1 fully saturated rings. The van der Waals surface area contributed by atoms with Gasteiger partial charge in [-0.1, -0.05) is 36.2 Å². The van der Waals surface area contributed by atoms with Crippen molar-refractivity contribution in [3.63, 3.8) is 0 Å². The van der Waals surface area contributed by atoms with Gasteiger partial charge in [-0.2, -0.15) is 8.42 Å². The minimum absolute atomic E-state index is 0.0848. The Kier molecular flexibility index (Phi) is 12.1. The highest BCUT2D eigenvalue weighted by molar-refractivity contribution is 8.14. The van der Waals surface area contributed by atoms with Gasteiger partial charge >= 0.3 is 10.4 Å². The van der Waals surface area contributed by atoms with Crippen LogP contribution in [0.5, 0.6) is 0 Å². The number of aliphatic hydroxyl groups is 4. The van der Waals surface area contributed by atoms with Gasteiger partial charge in [-0.15, -0.1) is 0 Å². The summed E-state index contributed by atoms with van der Waals surface area (Å²) in [6, 6.07) is 0. The molecular formula is C15H29NO10S3. The number of thioether (sulfide) groups is 1. The van der Waals surface area contributed by atoms with Crippen molar-refractivity contribution >= 4 is 38.0 Å². The molecule has 0 amide bonds. The molecule has 1 aliphatic rings. The van der Waals surface area contributed by atoms with Crippen molar-refractivity contribution in [2.45, 2.75) is 68.4 Å². The van der Waals surface area contributed by atoms with Crippen molar-refractivity contribution in [3.05, 3.63) is 0 Å². The lowest BCUT2D eigenvalue weighted by Crippen LogP contribution is -2.57. The molecule has 0 unspecified atom stereocenters. The van der Waals surface area contributed by atoms with Gasteiger partial charge in [-0.25, -0.2) is 4.28 Å². The lowest BCUT2D eigenvalue weighted by atomic mass is 10.0. The molecule has 6 atom stereocenters. The highest BCUT2D eigenvalue weighted by Crippen LogP contribution is 2.30. The van der Waals surface area contributed by atoms with Gasteiger partial charge in [0.1, 0.15) is 34.9 Å². The van der Waals surface area contributed by atoms with E-state index in [1.54, 1.807) is 6.26 Å². The Morgan fingerprint density at radius 3 is 2.31 bits per heavy atom. The maximum Gasteiger partial charge on any atom is 0.466 e. The summed E-state index contributed by atoms with van der Waals surface area (Å²) in [6.07, 6.45) is 0.136. The van der Waals surface area contributed by atoms with Crippen LogP contribution in [0.1, 0.15) is 38.5 Å². The molecule has 0 spiro atoms. The molecular weight excluding hydrogens is 450 g/mol. The summed E-state index contributed by atoms with van der Waals surface area (Å²) in [5.74, 6) is 0.641. The van der Waals surface area contributed by atoms with Crippen LogP contribution in [0, 0.1) is 0 Å². The summed E-state index contributed by atoms with van der Waals surface area (Å²) in [5.41, 5.74) is -1.14. The number of rotatable bonds is 12. The number of unbranched alkanes of at least 4 members (excludes halogenated alkanes) is 4. The van der Waals surface area contributed by atoms with E-state index in [-0.39, 0.29) is 11.5 Å². The van der Waals surface area contributed by atoms with E-state index < -0.39 is 57.7 Å². The van der Waals surface area contributed by atoms with Gasteiger partial charge in [0.15, 0.2) is 0 Å². The number of hydrogen-bond acceptors (Lipinski definition) is 11. The van der Waals surface area contributed by atoms with Crippen LogP contribution in [0.3, 0.4) is 0 Å². The second-order valence-electron chi connectivity index (χ2n) is 6.60. The average molecular weight is 480 g/mol. The van der Waals surface area contributed by atoms with Gasteiger partial charge in [0.25, 0.3) is 0 Å². The maximum atomic E-state index is 11.0. The first-order valence-electron chi connectivity index (χ1n) is 9.05. The molecule has 1 heterocycles. The van der Waals surface area contributed by atoms with E-state index in [4.69, 9.17) is 9.29 Å². The van der Waals surface area contributed by atoms with Gasteiger partial charge in [-0.3, -0.25) is 8.76 Å². The number of oxime groups is 1. The molecule has 0 aromatic heterocycles. The molecule has 29 heavy (non-hydrogen) atoms. The molecule has 0 aromatic rings. The summed E-state index contributed by atoms with van der Waals surface area (Å²) in [5, 5.41) is 42.4. The third-order valence-electron chi connectivity index (χ3n) is 4.16. The van der Waals surface area contributed by atoms with Crippen LogP contribution in [-0.4, -0.2) is 91.1 Å². The van der Waals surface area contributed by atoms with E-state index in [1.165, 1.54) is 0 Å². The zero-order chi connectivity index (χ0) is 22.0. The fourth-order valence-electron chi connectivity index (χ4n) is 2.63. The molecule has 1 rings (SSSR count). The first-order chi connectivity index (χ1) is 13.5. The van der Waals surface area contributed by atoms with E-state index in [0.717, 1.165) is 37.4 Å². The molecule has 5 N–H and O–H groups in total. The molecule has 0 saturated carbocycles. The molecule has 0 aromatic carbocycles. The molecule has 1 saturated heterocycles. The first kappa shape index (κ1) is 26.7. The topological polar surface area (TPSA) is 183 Å². The predicted octanol–water partition coefficient (Wildman–Crippen LogP) is -0.628. The molecule has 14 heteroatoms. The lowest BCUT2D eigenvalue weighted by molar-refractivity contribution is -0.205. The first-order valence-corrected chi connectivity index (χ1v) is 13.0. The van der Waals surface area contributed by atoms with Crippen molar-refractivity contribution in [1.29, 1.82) is 0 Å². The monoisotopic (exact) mass is 479 g/mol. The SMILES string of the molecule is C[S@@](=O)CCCCCCCC(=NOS(=O)(=O)O)S[C@@H]1O[C@H](CO)[C@@H](O)[C@H](O)[C@H]1O. The van der Waals surface area contributed by atoms with E-state index in [9.17, 15) is 33.1 Å². The zero-order valence-corrected chi connectivity index (χ0v) is 18.4. The Morgan fingerprint density at radius 2 is 1.72 bits per heavy atom. The largest absolute Gasteiger partial charge is 0.466 e. The third kappa shape index (κ3) is 10.5. The van der Waals surface area contributed by atoms with E-state index >= 15 is 0 Å². The molecule has 0 bridgehead atoms. The summed E-state index contributed by atoms with van der Waals surface area (Å²) < 4.78 is 50.7. The van der Waals surface area contributed by atoms with Crippen LogP contribution < -0.4 is 0 Å². The van der Waals surface area contributed by atoms with Crippen LogP contribution in [0.2, 0.25) is 0 Å². The second-order valence-corrected chi connectivity index (χ2v) is 10.3. The van der Waals surface area contributed by atoms with Crippen LogP contribution in [-0.2, 0) is 30.2 Å². The van der Waals surface area contributed by atoms with Crippen molar-refractivity contribution in [3.8, 4) is 0 Å². The van der Waals surface area contributed by atoms with Gasteiger partial charge < -0.3 is 25.2 Å².